The number of halogens is 4. The Hall–Kier alpha value is -1.80. The molecule has 0 aliphatic heterocycles. The summed E-state index contributed by atoms with van der Waals surface area (Å²) in [6.07, 6.45) is -0.396. The van der Waals surface area contributed by atoms with Crippen molar-refractivity contribution in [3.63, 3.8) is 0 Å². The van der Waals surface area contributed by atoms with Gasteiger partial charge in [0.1, 0.15) is 0 Å². The zero-order valence-corrected chi connectivity index (χ0v) is 11.2. The molecular formula is C12H14F4N2O3. The van der Waals surface area contributed by atoms with Crippen molar-refractivity contribution in [1.29, 1.82) is 0 Å². The van der Waals surface area contributed by atoms with Crippen molar-refractivity contribution in [3.05, 3.63) is 11.3 Å². The van der Waals surface area contributed by atoms with Gasteiger partial charge in [-0.2, -0.15) is 8.78 Å². The second-order valence-electron chi connectivity index (χ2n) is 5.11. The van der Waals surface area contributed by atoms with E-state index in [-0.39, 0.29) is 37.1 Å². The summed E-state index contributed by atoms with van der Waals surface area (Å²) in [6, 6.07) is 0. The van der Waals surface area contributed by atoms with Crippen LogP contribution in [0.15, 0.2) is 0 Å². The van der Waals surface area contributed by atoms with E-state index < -0.39 is 30.3 Å². The van der Waals surface area contributed by atoms with Crippen LogP contribution in [0, 0.1) is 12.8 Å². The van der Waals surface area contributed by atoms with Gasteiger partial charge in [0.15, 0.2) is 5.69 Å². The summed E-state index contributed by atoms with van der Waals surface area (Å²) >= 11 is 0. The van der Waals surface area contributed by atoms with Gasteiger partial charge in [0, 0.05) is 24.9 Å². The van der Waals surface area contributed by atoms with E-state index in [4.69, 9.17) is 5.11 Å². The number of hydrogen-bond donors (Lipinski definition) is 1. The molecule has 1 aromatic rings. The van der Waals surface area contributed by atoms with Crippen molar-refractivity contribution < 1.29 is 32.2 Å². The summed E-state index contributed by atoms with van der Waals surface area (Å²) in [6.45, 7) is -1.91. The first-order valence-corrected chi connectivity index (χ1v) is 6.33. The molecule has 1 saturated carbocycles. The number of carbonyl (C=O) groups is 1. The number of rotatable bonds is 5. The molecule has 1 atom stereocenters. The second kappa shape index (κ2) is 5.53. The molecule has 5 nitrogen and oxygen atoms in total. The lowest BCUT2D eigenvalue weighted by atomic mass is 10.1. The summed E-state index contributed by atoms with van der Waals surface area (Å²) in [4.78, 5) is 11.2. The number of carboxylic acid groups (broad SMARTS) is 1. The predicted molar refractivity (Wildman–Crippen MR) is 62.8 cm³/mol. The molecule has 9 heteroatoms. The van der Waals surface area contributed by atoms with Crippen LogP contribution in [0.3, 0.4) is 0 Å². The van der Waals surface area contributed by atoms with Crippen LogP contribution in [-0.2, 0) is 6.54 Å². The monoisotopic (exact) mass is 310 g/mol. The minimum atomic E-state index is -3.13. The van der Waals surface area contributed by atoms with E-state index in [0.29, 0.717) is 0 Å². The summed E-state index contributed by atoms with van der Waals surface area (Å²) in [7, 11) is 0. The Labute approximate surface area is 117 Å². The molecule has 1 unspecified atom stereocenters. The maximum absolute atomic E-state index is 13.1. The van der Waals surface area contributed by atoms with Gasteiger partial charge in [-0.05, 0) is 19.3 Å². The number of carboxylic acids is 1. The van der Waals surface area contributed by atoms with Crippen LogP contribution >= 0.6 is 0 Å². The molecule has 1 fully saturated rings. The van der Waals surface area contributed by atoms with Crippen molar-refractivity contribution in [1.82, 2.24) is 9.78 Å². The van der Waals surface area contributed by atoms with Crippen LogP contribution in [0.2, 0.25) is 0 Å². The van der Waals surface area contributed by atoms with Gasteiger partial charge in [-0.25, -0.2) is 13.6 Å². The predicted octanol–water partition coefficient (Wildman–Crippen LogP) is 2.93. The molecule has 1 aliphatic rings. The molecule has 0 saturated heterocycles. The van der Waals surface area contributed by atoms with Gasteiger partial charge in [-0.15, -0.1) is 5.10 Å². The van der Waals surface area contributed by atoms with Gasteiger partial charge in [0.05, 0.1) is 0 Å². The molecule has 1 heterocycles. The fourth-order valence-corrected chi connectivity index (χ4v) is 2.57. The van der Waals surface area contributed by atoms with Gasteiger partial charge < -0.3 is 9.84 Å². The quantitative estimate of drug-likeness (QED) is 0.849. The summed E-state index contributed by atoms with van der Waals surface area (Å²) in [5, 5.41) is 12.8. The third-order valence-electron chi connectivity index (χ3n) is 3.49. The highest BCUT2D eigenvalue weighted by atomic mass is 19.3. The summed E-state index contributed by atoms with van der Waals surface area (Å²) < 4.78 is 55.9. The molecular weight excluding hydrogens is 296 g/mol. The molecule has 118 valence electrons. The Morgan fingerprint density at radius 2 is 2.24 bits per heavy atom. The number of aromatic nitrogens is 2. The van der Waals surface area contributed by atoms with Crippen LogP contribution in [0.1, 0.15) is 35.3 Å². The van der Waals surface area contributed by atoms with E-state index >= 15 is 0 Å². The van der Waals surface area contributed by atoms with Crippen molar-refractivity contribution in [2.45, 2.75) is 45.3 Å². The lowest BCUT2D eigenvalue weighted by molar-refractivity contribution is -0.0537. The van der Waals surface area contributed by atoms with Gasteiger partial charge in [0.25, 0.3) is 0 Å². The van der Waals surface area contributed by atoms with Gasteiger partial charge >= 0.3 is 12.6 Å². The standard InChI is InChI=1S/C12H14F4N2O3/c1-6-8(10(19)20)18(17-9(6)21-11(13)14)5-7-2-3-12(15,16)4-7/h7,11H,2-5H2,1H3,(H,19,20). The highest BCUT2D eigenvalue weighted by Crippen LogP contribution is 2.39. The van der Waals surface area contributed by atoms with E-state index in [1.165, 1.54) is 6.92 Å². The van der Waals surface area contributed by atoms with E-state index in [1.54, 1.807) is 0 Å². The number of alkyl halides is 4. The minimum absolute atomic E-state index is 0.0486. The fraction of sp³-hybridized carbons (Fsp3) is 0.667. The molecule has 1 aromatic heterocycles. The van der Waals surface area contributed by atoms with Crippen LogP contribution in [0.4, 0.5) is 17.6 Å². The van der Waals surface area contributed by atoms with Gasteiger partial charge in [-0.3, -0.25) is 4.68 Å². The van der Waals surface area contributed by atoms with E-state index in [1.807, 2.05) is 0 Å². The number of aromatic carboxylic acids is 1. The Balaban J connectivity index is 2.24. The van der Waals surface area contributed by atoms with Crippen LogP contribution < -0.4 is 4.74 Å². The first-order valence-electron chi connectivity index (χ1n) is 6.33. The summed E-state index contributed by atoms with van der Waals surface area (Å²) in [5.41, 5.74) is -0.367. The Morgan fingerprint density at radius 3 is 2.71 bits per heavy atom. The van der Waals surface area contributed by atoms with Crippen molar-refractivity contribution in [2.24, 2.45) is 5.92 Å². The summed E-state index contributed by atoms with van der Waals surface area (Å²) in [5.74, 6) is -5.07. The Morgan fingerprint density at radius 1 is 1.57 bits per heavy atom. The topological polar surface area (TPSA) is 64.4 Å². The molecule has 0 amide bonds. The average molecular weight is 310 g/mol. The lowest BCUT2D eigenvalue weighted by Gasteiger charge is -2.11. The highest BCUT2D eigenvalue weighted by Gasteiger charge is 2.40. The normalized spacial score (nSPS) is 21.0. The van der Waals surface area contributed by atoms with E-state index in [0.717, 1.165) is 4.68 Å². The zero-order chi connectivity index (χ0) is 15.8. The smallest absolute Gasteiger partial charge is 0.388 e. The number of ether oxygens (including phenoxy) is 1. The molecule has 0 bridgehead atoms. The van der Waals surface area contributed by atoms with Crippen molar-refractivity contribution in [3.8, 4) is 5.88 Å². The largest absolute Gasteiger partial charge is 0.477 e. The Bertz CT molecular complexity index is 545. The second-order valence-corrected chi connectivity index (χ2v) is 5.11. The first-order chi connectivity index (χ1) is 9.69. The highest BCUT2D eigenvalue weighted by molar-refractivity contribution is 5.88. The van der Waals surface area contributed by atoms with E-state index in [9.17, 15) is 22.4 Å². The lowest BCUT2D eigenvalue weighted by Crippen LogP contribution is -2.17. The SMILES string of the molecule is Cc1c(OC(F)F)nn(CC2CCC(F)(F)C2)c1C(=O)O. The van der Waals surface area contributed by atoms with Crippen LogP contribution in [0.25, 0.3) is 0 Å². The molecule has 0 spiro atoms. The third-order valence-corrected chi connectivity index (χ3v) is 3.49. The molecule has 2 rings (SSSR count). The Kier molecular flexibility index (Phi) is 4.11. The van der Waals surface area contributed by atoms with Crippen LogP contribution in [0.5, 0.6) is 5.88 Å². The number of nitrogens with zero attached hydrogens (tertiary/aromatic N) is 2. The van der Waals surface area contributed by atoms with Crippen molar-refractivity contribution >= 4 is 5.97 Å². The molecule has 1 aliphatic carbocycles. The maximum atomic E-state index is 13.1. The van der Waals surface area contributed by atoms with E-state index in [2.05, 4.69) is 9.84 Å². The number of hydrogen-bond acceptors (Lipinski definition) is 3. The molecule has 0 radical (unpaired) electrons. The first kappa shape index (κ1) is 15.6. The molecule has 0 aromatic carbocycles. The molecule has 21 heavy (non-hydrogen) atoms. The average Bonchev–Trinajstić information content (AvgIpc) is 2.80. The molecule has 1 N–H and O–H groups in total. The third kappa shape index (κ3) is 3.45. The zero-order valence-electron chi connectivity index (χ0n) is 11.2. The van der Waals surface area contributed by atoms with Crippen molar-refractivity contribution in [2.75, 3.05) is 0 Å². The van der Waals surface area contributed by atoms with Crippen LogP contribution in [-0.4, -0.2) is 33.4 Å². The van der Waals surface area contributed by atoms with Gasteiger partial charge in [0.2, 0.25) is 11.8 Å². The minimum Gasteiger partial charge on any atom is -0.477 e. The maximum Gasteiger partial charge on any atom is 0.388 e. The van der Waals surface area contributed by atoms with Gasteiger partial charge in [-0.1, -0.05) is 0 Å². The fourth-order valence-electron chi connectivity index (χ4n) is 2.57.